The molecule has 2 rings (SSSR count). The number of aliphatic hydroxyl groups excluding tert-OH is 1. The predicted molar refractivity (Wildman–Crippen MR) is 73.2 cm³/mol. The van der Waals surface area contributed by atoms with Gasteiger partial charge in [0.2, 0.25) is 0 Å². The van der Waals surface area contributed by atoms with E-state index in [9.17, 15) is 0 Å². The number of fused-ring (bicyclic) bond motifs is 1. The summed E-state index contributed by atoms with van der Waals surface area (Å²) < 4.78 is 1.99. The molecule has 0 bridgehead atoms. The average molecular weight is 291 g/mol. The maximum absolute atomic E-state index is 8.75. The van der Waals surface area contributed by atoms with E-state index in [1.807, 2.05) is 17.7 Å². The number of hydrogen-bond donors (Lipinski definition) is 1. The van der Waals surface area contributed by atoms with E-state index in [4.69, 9.17) is 28.3 Å². The molecule has 0 fully saturated rings. The number of benzene rings is 1. The summed E-state index contributed by atoms with van der Waals surface area (Å²) in [6, 6.07) is 3.59. The Bertz CT molecular complexity index is 542. The monoisotopic (exact) mass is 290 g/mol. The number of aliphatic hydroxyl groups is 1. The molecule has 17 heavy (non-hydrogen) atoms. The SMILES string of the molecule is Cn1c(SCCCO)nc2cc(Cl)c(Cl)cc21. The van der Waals surface area contributed by atoms with Crippen LogP contribution >= 0.6 is 35.0 Å². The molecular weight excluding hydrogens is 279 g/mol. The Hall–Kier alpha value is -0.420. The highest BCUT2D eigenvalue weighted by Gasteiger charge is 2.10. The maximum Gasteiger partial charge on any atom is 0.168 e. The lowest BCUT2D eigenvalue weighted by Crippen LogP contribution is -1.93. The van der Waals surface area contributed by atoms with Gasteiger partial charge in [-0.15, -0.1) is 0 Å². The van der Waals surface area contributed by atoms with Crippen LogP contribution in [0.2, 0.25) is 10.0 Å². The van der Waals surface area contributed by atoms with Crippen molar-refractivity contribution < 1.29 is 5.11 Å². The number of halogens is 2. The molecule has 0 spiro atoms. The van der Waals surface area contributed by atoms with Gasteiger partial charge in [-0.1, -0.05) is 35.0 Å². The first-order valence-electron chi connectivity index (χ1n) is 5.18. The van der Waals surface area contributed by atoms with Gasteiger partial charge in [-0.2, -0.15) is 0 Å². The third-order valence-electron chi connectivity index (χ3n) is 2.42. The molecule has 0 unspecified atom stereocenters. The smallest absolute Gasteiger partial charge is 0.168 e. The molecule has 1 heterocycles. The van der Waals surface area contributed by atoms with E-state index in [1.165, 1.54) is 0 Å². The Kier molecular flexibility index (Phi) is 4.20. The van der Waals surface area contributed by atoms with Crippen LogP contribution in [0.15, 0.2) is 17.3 Å². The van der Waals surface area contributed by atoms with Gasteiger partial charge in [0.25, 0.3) is 0 Å². The largest absolute Gasteiger partial charge is 0.396 e. The zero-order chi connectivity index (χ0) is 12.4. The predicted octanol–water partition coefficient (Wildman–Crippen LogP) is 3.35. The van der Waals surface area contributed by atoms with Gasteiger partial charge < -0.3 is 9.67 Å². The summed E-state index contributed by atoms with van der Waals surface area (Å²) in [7, 11) is 1.95. The highest BCUT2D eigenvalue weighted by Crippen LogP contribution is 2.30. The van der Waals surface area contributed by atoms with Crippen molar-refractivity contribution in [2.75, 3.05) is 12.4 Å². The Morgan fingerprint density at radius 2 is 2.06 bits per heavy atom. The minimum Gasteiger partial charge on any atom is -0.396 e. The van der Waals surface area contributed by atoms with Gasteiger partial charge in [0.1, 0.15) is 0 Å². The third-order valence-corrected chi connectivity index (χ3v) is 4.25. The summed E-state index contributed by atoms with van der Waals surface area (Å²) in [6.45, 7) is 0.203. The van der Waals surface area contributed by atoms with Crippen molar-refractivity contribution in [1.29, 1.82) is 0 Å². The topological polar surface area (TPSA) is 38.0 Å². The number of thioether (sulfide) groups is 1. The number of rotatable bonds is 4. The van der Waals surface area contributed by atoms with Gasteiger partial charge in [-0.05, 0) is 18.6 Å². The lowest BCUT2D eigenvalue weighted by Gasteiger charge is -2.01. The first-order chi connectivity index (χ1) is 8.13. The van der Waals surface area contributed by atoms with Gasteiger partial charge in [0, 0.05) is 19.4 Å². The second-order valence-corrected chi connectivity index (χ2v) is 5.51. The van der Waals surface area contributed by atoms with Crippen molar-refractivity contribution in [2.45, 2.75) is 11.6 Å². The molecule has 0 aliphatic heterocycles. The van der Waals surface area contributed by atoms with Gasteiger partial charge in [-0.3, -0.25) is 0 Å². The van der Waals surface area contributed by atoms with E-state index in [0.29, 0.717) is 10.0 Å². The Morgan fingerprint density at radius 3 is 2.76 bits per heavy atom. The van der Waals surface area contributed by atoms with Crippen molar-refractivity contribution in [1.82, 2.24) is 9.55 Å². The fraction of sp³-hybridized carbons (Fsp3) is 0.364. The normalized spacial score (nSPS) is 11.3. The Labute approximate surface area is 114 Å². The van der Waals surface area contributed by atoms with Crippen LogP contribution in [0.3, 0.4) is 0 Å². The molecule has 6 heteroatoms. The van der Waals surface area contributed by atoms with Crippen LogP contribution in [0.5, 0.6) is 0 Å². The number of nitrogens with zero attached hydrogens (tertiary/aromatic N) is 2. The van der Waals surface area contributed by atoms with E-state index < -0.39 is 0 Å². The van der Waals surface area contributed by atoms with Crippen LogP contribution in [0.1, 0.15) is 6.42 Å². The summed E-state index contributed by atoms with van der Waals surface area (Å²) in [5.74, 6) is 0.842. The lowest BCUT2D eigenvalue weighted by molar-refractivity contribution is 0.296. The molecular formula is C11H12Cl2N2OS. The molecule has 1 aromatic heterocycles. The van der Waals surface area contributed by atoms with Crippen molar-refractivity contribution >= 4 is 46.0 Å². The quantitative estimate of drug-likeness (QED) is 0.693. The summed E-state index contributed by atoms with van der Waals surface area (Å²) in [5.41, 5.74) is 1.80. The molecule has 0 saturated carbocycles. The molecule has 0 aliphatic rings. The molecule has 3 nitrogen and oxygen atoms in total. The van der Waals surface area contributed by atoms with Gasteiger partial charge in [0.15, 0.2) is 5.16 Å². The molecule has 92 valence electrons. The Balaban J connectivity index is 2.35. The van der Waals surface area contributed by atoms with Gasteiger partial charge >= 0.3 is 0 Å². The van der Waals surface area contributed by atoms with Crippen LogP contribution < -0.4 is 0 Å². The minimum absolute atomic E-state index is 0.203. The number of hydrogen-bond acceptors (Lipinski definition) is 3. The minimum atomic E-state index is 0.203. The summed E-state index contributed by atoms with van der Waals surface area (Å²) in [6.07, 6.45) is 0.759. The van der Waals surface area contributed by atoms with E-state index >= 15 is 0 Å². The third kappa shape index (κ3) is 2.71. The molecule has 0 atom stereocenters. The van der Waals surface area contributed by atoms with Gasteiger partial charge in [-0.25, -0.2) is 4.98 Å². The lowest BCUT2D eigenvalue weighted by atomic mass is 10.3. The van der Waals surface area contributed by atoms with Crippen molar-refractivity contribution in [2.24, 2.45) is 7.05 Å². The standard InChI is InChI=1S/C11H12Cl2N2OS/c1-15-10-6-8(13)7(12)5-9(10)14-11(15)17-4-2-3-16/h5-6,16H,2-4H2,1H3. The Morgan fingerprint density at radius 1 is 1.35 bits per heavy atom. The molecule has 0 saturated heterocycles. The van der Waals surface area contributed by atoms with E-state index in [2.05, 4.69) is 4.98 Å². The summed E-state index contributed by atoms with van der Waals surface area (Å²) >= 11 is 13.6. The zero-order valence-corrected chi connectivity index (χ0v) is 11.6. The summed E-state index contributed by atoms with van der Waals surface area (Å²) in [5, 5.41) is 10.7. The molecule has 0 aliphatic carbocycles. The van der Waals surface area contributed by atoms with E-state index in [1.54, 1.807) is 17.8 Å². The maximum atomic E-state index is 8.75. The fourth-order valence-corrected chi connectivity index (χ4v) is 2.75. The van der Waals surface area contributed by atoms with Crippen molar-refractivity contribution in [3.63, 3.8) is 0 Å². The highest BCUT2D eigenvalue weighted by atomic mass is 35.5. The summed E-state index contributed by atoms with van der Waals surface area (Å²) in [4.78, 5) is 4.49. The van der Waals surface area contributed by atoms with Crippen LogP contribution in [0.25, 0.3) is 11.0 Å². The zero-order valence-electron chi connectivity index (χ0n) is 9.28. The van der Waals surface area contributed by atoms with Crippen LogP contribution in [0, 0.1) is 0 Å². The van der Waals surface area contributed by atoms with Crippen LogP contribution in [0.4, 0.5) is 0 Å². The first-order valence-corrected chi connectivity index (χ1v) is 6.92. The molecule has 0 radical (unpaired) electrons. The number of imidazole rings is 1. The average Bonchev–Trinajstić information content (AvgIpc) is 2.58. The molecule has 2 aromatic rings. The number of aryl methyl sites for hydroxylation is 1. The molecule has 1 aromatic carbocycles. The van der Waals surface area contributed by atoms with Gasteiger partial charge in [0.05, 0.1) is 21.1 Å². The second kappa shape index (κ2) is 5.48. The van der Waals surface area contributed by atoms with E-state index in [-0.39, 0.29) is 6.61 Å². The molecule has 1 N–H and O–H groups in total. The highest BCUT2D eigenvalue weighted by molar-refractivity contribution is 7.99. The van der Waals surface area contributed by atoms with Crippen LogP contribution in [-0.2, 0) is 7.05 Å². The second-order valence-electron chi connectivity index (χ2n) is 3.63. The number of aromatic nitrogens is 2. The van der Waals surface area contributed by atoms with Crippen LogP contribution in [-0.4, -0.2) is 27.0 Å². The van der Waals surface area contributed by atoms with E-state index in [0.717, 1.165) is 28.4 Å². The molecule has 0 amide bonds. The first kappa shape index (κ1) is 13.0. The fourth-order valence-electron chi connectivity index (χ4n) is 1.52. The van der Waals surface area contributed by atoms with Crippen molar-refractivity contribution in [3.8, 4) is 0 Å². The van der Waals surface area contributed by atoms with Crippen molar-refractivity contribution in [3.05, 3.63) is 22.2 Å².